The number of carboxylic acid groups (broad SMARTS) is 1. The van der Waals surface area contributed by atoms with Crippen molar-refractivity contribution in [3.05, 3.63) is 0 Å². The first-order valence-electron chi connectivity index (χ1n) is 6.01. The van der Waals surface area contributed by atoms with E-state index in [0.29, 0.717) is 12.3 Å². The SMILES string of the molecule is NC(=O)NC(=O)CN1CCC(CCC(=O)O)CC1. The number of urea groups is 1. The van der Waals surface area contributed by atoms with Crippen LogP contribution in [0.5, 0.6) is 0 Å². The summed E-state index contributed by atoms with van der Waals surface area (Å²) < 4.78 is 0. The standard InChI is InChI=1S/C11H19N3O4/c12-11(18)13-9(15)7-14-5-3-8(4-6-14)1-2-10(16)17/h8H,1-7H2,(H,16,17)(H3,12,13,15,18). The van der Waals surface area contributed by atoms with Gasteiger partial charge in [-0.25, -0.2) is 4.79 Å². The number of nitrogens with one attached hydrogen (secondary N) is 1. The van der Waals surface area contributed by atoms with Crippen LogP contribution in [0.3, 0.4) is 0 Å². The monoisotopic (exact) mass is 257 g/mol. The van der Waals surface area contributed by atoms with Crippen molar-refractivity contribution in [2.45, 2.75) is 25.7 Å². The molecule has 1 aliphatic heterocycles. The van der Waals surface area contributed by atoms with Crippen LogP contribution in [0.15, 0.2) is 0 Å². The van der Waals surface area contributed by atoms with Gasteiger partial charge in [-0.3, -0.25) is 19.8 Å². The number of hydrogen-bond donors (Lipinski definition) is 3. The summed E-state index contributed by atoms with van der Waals surface area (Å²) in [6.07, 6.45) is 2.66. The summed E-state index contributed by atoms with van der Waals surface area (Å²) in [6.45, 7) is 1.65. The molecule has 3 amide bonds. The van der Waals surface area contributed by atoms with Gasteiger partial charge in [-0.1, -0.05) is 0 Å². The van der Waals surface area contributed by atoms with Gasteiger partial charge in [0.25, 0.3) is 0 Å². The Kier molecular flexibility index (Phi) is 5.57. The predicted octanol–water partition coefficient (Wildman–Crippen LogP) is -0.242. The van der Waals surface area contributed by atoms with E-state index in [0.717, 1.165) is 25.9 Å². The van der Waals surface area contributed by atoms with E-state index < -0.39 is 17.9 Å². The average Bonchev–Trinajstić information content (AvgIpc) is 2.26. The Balaban J connectivity index is 2.20. The number of amides is 3. The molecule has 0 unspecified atom stereocenters. The zero-order chi connectivity index (χ0) is 13.5. The minimum absolute atomic E-state index is 0.161. The van der Waals surface area contributed by atoms with Gasteiger partial charge < -0.3 is 10.8 Å². The Morgan fingerprint density at radius 2 is 1.89 bits per heavy atom. The van der Waals surface area contributed by atoms with Crippen molar-refractivity contribution in [2.75, 3.05) is 19.6 Å². The van der Waals surface area contributed by atoms with Crippen LogP contribution in [0, 0.1) is 5.92 Å². The molecule has 0 bridgehead atoms. The molecule has 0 atom stereocenters. The highest BCUT2D eigenvalue weighted by molar-refractivity contribution is 5.94. The van der Waals surface area contributed by atoms with E-state index in [1.807, 2.05) is 10.2 Å². The van der Waals surface area contributed by atoms with E-state index in [2.05, 4.69) is 0 Å². The topological polar surface area (TPSA) is 113 Å². The molecule has 1 aliphatic rings. The van der Waals surface area contributed by atoms with Gasteiger partial charge in [-0.05, 0) is 38.3 Å². The molecule has 1 fully saturated rings. The molecule has 7 nitrogen and oxygen atoms in total. The summed E-state index contributed by atoms with van der Waals surface area (Å²) in [5.74, 6) is -0.749. The van der Waals surface area contributed by atoms with Crippen LogP contribution in [0.2, 0.25) is 0 Å². The lowest BCUT2D eigenvalue weighted by Gasteiger charge is -2.31. The van der Waals surface area contributed by atoms with Crippen molar-refractivity contribution in [1.29, 1.82) is 0 Å². The van der Waals surface area contributed by atoms with E-state index >= 15 is 0 Å². The second-order valence-corrected chi connectivity index (χ2v) is 4.56. The molecule has 4 N–H and O–H groups in total. The zero-order valence-corrected chi connectivity index (χ0v) is 10.2. The molecule has 7 heteroatoms. The summed E-state index contributed by atoms with van der Waals surface area (Å²) in [5, 5.41) is 10.6. The van der Waals surface area contributed by atoms with E-state index in [-0.39, 0.29) is 13.0 Å². The van der Waals surface area contributed by atoms with E-state index in [9.17, 15) is 14.4 Å². The van der Waals surface area contributed by atoms with Crippen LogP contribution in [0.1, 0.15) is 25.7 Å². The van der Waals surface area contributed by atoms with E-state index in [1.165, 1.54) is 0 Å². The normalized spacial score (nSPS) is 17.3. The van der Waals surface area contributed by atoms with Gasteiger partial charge in [-0.15, -0.1) is 0 Å². The average molecular weight is 257 g/mol. The molecule has 0 aromatic heterocycles. The molecule has 1 saturated heterocycles. The lowest BCUT2D eigenvalue weighted by Crippen LogP contribution is -2.44. The predicted molar refractivity (Wildman–Crippen MR) is 63.8 cm³/mol. The summed E-state index contributed by atoms with van der Waals surface area (Å²) in [6, 6.07) is -0.837. The summed E-state index contributed by atoms with van der Waals surface area (Å²) >= 11 is 0. The first kappa shape index (κ1) is 14.4. The number of nitrogens with zero attached hydrogens (tertiary/aromatic N) is 1. The minimum atomic E-state index is -0.837. The number of imide groups is 1. The summed E-state index contributed by atoms with van der Waals surface area (Å²) in [5.41, 5.74) is 4.84. The van der Waals surface area contributed by atoms with Crippen molar-refractivity contribution in [3.8, 4) is 0 Å². The quantitative estimate of drug-likeness (QED) is 0.629. The van der Waals surface area contributed by atoms with Crippen LogP contribution < -0.4 is 11.1 Å². The third-order valence-electron chi connectivity index (χ3n) is 3.10. The van der Waals surface area contributed by atoms with E-state index in [4.69, 9.17) is 10.8 Å². The molecule has 0 aromatic carbocycles. The van der Waals surface area contributed by atoms with Gasteiger partial charge in [0.15, 0.2) is 0 Å². The zero-order valence-electron chi connectivity index (χ0n) is 10.2. The maximum absolute atomic E-state index is 11.3. The highest BCUT2D eigenvalue weighted by atomic mass is 16.4. The number of carbonyl (C=O) groups excluding carboxylic acids is 2. The number of aliphatic carboxylic acids is 1. The molecular formula is C11H19N3O4. The highest BCUT2D eigenvalue weighted by Crippen LogP contribution is 2.21. The Morgan fingerprint density at radius 3 is 2.39 bits per heavy atom. The molecule has 0 spiro atoms. The fourth-order valence-corrected chi connectivity index (χ4v) is 2.14. The molecule has 0 saturated carbocycles. The molecular weight excluding hydrogens is 238 g/mol. The maximum atomic E-state index is 11.3. The lowest BCUT2D eigenvalue weighted by molar-refractivity contribution is -0.137. The third kappa shape index (κ3) is 5.62. The molecule has 0 radical (unpaired) electrons. The first-order valence-corrected chi connectivity index (χ1v) is 6.01. The van der Waals surface area contributed by atoms with Crippen molar-refractivity contribution in [2.24, 2.45) is 11.7 Å². The van der Waals surface area contributed by atoms with Crippen LogP contribution in [-0.4, -0.2) is 47.5 Å². The van der Waals surface area contributed by atoms with Crippen LogP contribution in [0.4, 0.5) is 4.79 Å². The second-order valence-electron chi connectivity index (χ2n) is 4.56. The third-order valence-corrected chi connectivity index (χ3v) is 3.10. The Hall–Kier alpha value is -1.63. The molecule has 1 rings (SSSR count). The largest absolute Gasteiger partial charge is 0.481 e. The number of hydrogen-bond acceptors (Lipinski definition) is 4. The van der Waals surface area contributed by atoms with Gasteiger partial charge >= 0.3 is 12.0 Å². The number of rotatable bonds is 5. The number of primary amides is 1. The fourth-order valence-electron chi connectivity index (χ4n) is 2.14. The Morgan fingerprint density at radius 1 is 1.28 bits per heavy atom. The van der Waals surface area contributed by atoms with Gasteiger partial charge in [0.05, 0.1) is 6.54 Å². The van der Waals surface area contributed by atoms with Crippen molar-refractivity contribution in [1.82, 2.24) is 10.2 Å². The van der Waals surface area contributed by atoms with Crippen LogP contribution in [0.25, 0.3) is 0 Å². The number of likely N-dealkylation sites (tertiary alicyclic amines) is 1. The van der Waals surface area contributed by atoms with Gasteiger partial charge in [-0.2, -0.15) is 0 Å². The Labute approximate surface area is 105 Å². The first-order chi connectivity index (χ1) is 8.47. The smallest absolute Gasteiger partial charge is 0.318 e. The fraction of sp³-hybridized carbons (Fsp3) is 0.727. The number of piperidine rings is 1. The molecule has 102 valence electrons. The van der Waals surface area contributed by atoms with Crippen molar-refractivity contribution in [3.63, 3.8) is 0 Å². The number of carboxylic acids is 1. The Bertz CT molecular complexity index is 324. The molecule has 0 aliphatic carbocycles. The van der Waals surface area contributed by atoms with Crippen LogP contribution >= 0.6 is 0 Å². The number of nitrogens with two attached hydrogens (primary N) is 1. The van der Waals surface area contributed by atoms with Gasteiger partial charge in [0.2, 0.25) is 5.91 Å². The van der Waals surface area contributed by atoms with Crippen LogP contribution in [-0.2, 0) is 9.59 Å². The van der Waals surface area contributed by atoms with Gasteiger partial charge in [0, 0.05) is 6.42 Å². The maximum Gasteiger partial charge on any atom is 0.318 e. The van der Waals surface area contributed by atoms with E-state index in [1.54, 1.807) is 0 Å². The number of carbonyl (C=O) groups is 3. The summed E-state index contributed by atoms with van der Waals surface area (Å²) in [4.78, 5) is 34.1. The molecule has 1 heterocycles. The lowest BCUT2D eigenvalue weighted by atomic mass is 9.92. The molecule has 0 aromatic rings. The van der Waals surface area contributed by atoms with Crippen molar-refractivity contribution >= 4 is 17.9 Å². The highest BCUT2D eigenvalue weighted by Gasteiger charge is 2.21. The second kappa shape index (κ2) is 6.95. The van der Waals surface area contributed by atoms with Gasteiger partial charge in [0.1, 0.15) is 0 Å². The minimum Gasteiger partial charge on any atom is -0.481 e. The molecule has 18 heavy (non-hydrogen) atoms. The van der Waals surface area contributed by atoms with Crippen molar-refractivity contribution < 1.29 is 19.5 Å². The summed E-state index contributed by atoms with van der Waals surface area (Å²) in [7, 11) is 0.